The molecule has 0 N–H and O–H groups in total. The lowest BCUT2D eigenvalue weighted by Gasteiger charge is -2.20. The van der Waals surface area contributed by atoms with Gasteiger partial charge in [0.15, 0.2) is 0 Å². The second-order valence-corrected chi connectivity index (χ2v) is 3.73. The Bertz CT molecular complexity index is 348. The molecule has 0 bridgehead atoms. The number of anilines is 1. The molecule has 1 heterocycles. The maximum absolute atomic E-state index is 8.54. The number of aromatic nitrogens is 2. The van der Waals surface area contributed by atoms with Gasteiger partial charge in [-0.3, -0.25) is 0 Å². The van der Waals surface area contributed by atoms with Crippen molar-refractivity contribution < 1.29 is 0 Å². The van der Waals surface area contributed by atoms with Crippen LogP contribution >= 0.6 is 11.8 Å². The molecule has 0 amide bonds. The summed E-state index contributed by atoms with van der Waals surface area (Å²) in [5.74, 6) is 0.895. The maximum Gasteiger partial charge on any atom is 0.133 e. The smallest absolute Gasteiger partial charge is 0.133 e. The second kappa shape index (κ2) is 6.25. The summed E-state index contributed by atoms with van der Waals surface area (Å²) in [5.41, 5.74) is 0. The Labute approximate surface area is 94.3 Å². The van der Waals surface area contributed by atoms with Crippen molar-refractivity contribution in [3.63, 3.8) is 0 Å². The van der Waals surface area contributed by atoms with Crippen LogP contribution in [-0.2, 0) is 0 Å². The molecular weight excluding hydrogens is 208 g/mol. The largest absolute Gasteiger partial charge is 0.356 e. The highest BCUT2D eigenvalue weighted by Gasteiger charge is 2.06. The first-order valence-corrected chi connectivity index (χ1v) is 6.02. The third-order valence-corrected chi connectivity index (χ3v) is 2.68. The van der Waals surface area contributed by atoms with Crippen molar-refractivity contribution in [3.8, 4) is 6.07 Å². The van der Waals surface area contributed by atoms with E-state index in [-0.39, 0.29) is 0 Å². The molecule has 0 aliphatic carbocycles. The van der Waals surface area contributed by atoms with Crippen LogP contribution in [0.15, 0.2) is 17.4 Å². The molecule has 4 nitrogen and oxygen atoms in total. The molecule has 1 aromatic heterocycles. The van der Waals surface area contributed by atoms with Crippen molar-refractivity contribution in [2.24, 2.45) is 0 Å². The van der Waals surface area contributed by atoms with Gasteiger partial charge in [0.05, 0.1) is 12.5 Å². The minimum atomic E-state index is 0.520. The van der Waals surface area contributed by atoms with Gasteiger partial charge in [0.25, 0.3) is 0 Å². The summed E-state index contributed by atoms with van der Waals surface area (Å²) in [4.78, 5) is 10.4. The molecule has 0 saturated carbocycles. The quantitative estimate of drug-likeness (QED) is 0.563. The van der Waals surface area contributed by atoms with Crippen molar-refractivity contribution in [2.75, 3.05) is 24.2 Å². The van der Waals surface area contributed by atoms with Crippen LogP contribution in [0.3, 0.4) is 0 Å². The Morgan fingerprint density at radius 3 is 2.93 bits per heavy atom. The first-order chi connectivity index (χ1) is 7.31. The van der Waals surface area contributed by atoms with E-state index in [2.05, 4.69) is 27.9 Å². The third-order valence-electron chi connectivity index (χ3n) is 2.04. The van der Waals surface area contributed by atoms with Crippen molar-refractivity contribution in [3.05, 3.63) is 12.4 Å². The van der Waals surface area contributed by atoms with Crippen molar-refractivity contribution in [2.45, 2.75) is 18.4 Å². The lowest BCUT2D eigenvalue weighted by molar-refractivity contribution is 0.801. The van der Waals surface area contributed by atoms with Crippen LogP contribution in [0.4, 0.5) is 5.82 Å². The summed E-state index contributed by atoms with van der Waals surface area (Å²) >= 11 is 1.59. The zero-order valence-electron chi connectivity index (χ0n) is 8.97. The molecular formula is C10H14N4S. The fourth-order valence-electron chi connectivity index (χ4n) is 1.23. The molecule has 0 aromatic carbocycles. The highest BCUT2D eigenvalue weighted by molar-refractivity contribution is 7.98. The van der Waals surface area contributed by atoms with Gasteiger partial charge in [-0.1, -0.05) is 0 Å². The van der Waals surface area contributed by atoms with Gasteiger partial charge in [0.1, 0.15) is 17.2 Å². The van der Waals surface area contributed by atoms with E-state index in [4.69, 9.17) is 5.26 Å². The molecule has 0 saturated heterocycles. The average Bonchev–Trinajstić information content (AvgIpc) is 2.30. The van der Waals surface area contributed by atoms with E-state index < -0.39 is 0 Å². The van der Waals surface area contributed by atoms with Gasteiger partial charge < -0.3 is 4.90 Å². The summed E-state index contributed by atoms with van der Waals surface area (Å²) in [6.07, 6.45) is 4.07. The first-order valence-electron chi connectivity index (χ1n) is 4.79. The second-order valence-electron chi connectivity index (χ2n) is 2.91. The fourth-order valence-corrected chi connectivity index (χ4v) is 1.61. The lowest BCUT2D eigenvalue weighted by Crippen LogP contribution is -2.24. The molecule has 5 heteroatoms. The van der Waals surface area contributed by atoms with Gasteiger partial charge in [-0.25, -0.2) is 9.97 Å². The molecule has 1 rings (SSSR count). The number of hydrogen-bond acceptors (Lipinski definition) is 5. The Kier molecular flexibility index (Phi) is 4.91. The molecule has 15 heavy (non-hydrogen) atoms. The number of nitrogens with zero attached hydrogens (tertiary/aromatic N) is 4. The van der Waals surface area contributed by atoms with Crippen molar-refractivity contribution >= 4 is 17.6 Å². The summed E-state index contributed by atoms with van der Waals surface area (Å²) in [5, 5.41) is 9.50. The molecule has 0 aliphatic heterocycles. The topological polar surface area (TPSA) is 52.8 Å². The van der Waals surface area contributed by atoms with Crippen LogP contribution in [0.5, 0.6) is 0 Å². The molecule has 0 aliphatic rings. The summed E-state index contributed by atoms with van der Waals surface area (Å²) in [6.45, 7) is 3.63. The van der Waals surface area contributed by atoms with Gasteiger partial charge in [-0.2, -0.15) is 5.26 Å². The van der Waals surface area contributed by atoms with E-state index in [1.165, 1.54) is 0 Å². The number of rotatable bonds is 5. The number of nitriles is 1. The normalized spacial score (nSPS) is 9.67. The van der Waals surface area contributed by atoms with Crippen LogP contribution in [0.1, 0.15) is 13.3 Å². The van der Waals surface area contributed by atoms with E-state index in [1.54, 1.807) is 18.1 Å². The summed E-state index contributed by atoms with van der Waals surface area (Å²) in [6, 6.07) is 4.09. The Morgan fingerprint density at radius 2 is 2.33 bits per heavy atom. The Morgan fingerprint density at radius 1 is 1.53 bits per heavy atom. The molecule has 0 atom stereocenters. The van der Waals surface area contributed by atoms with Gasteiger partial charge in [-0.05, 0) is 13.2 Å². The minimum Gasteiger partial charge on any atom is -0.356 e. The highest BCUT2D eigenvalue weighted by Crippen LogP contribution is 2.17. The van der Waals surface area contributed by atoms with E-state index >= 15 is 0 Å². The van der Waals surface area contributed by atoms with Crippen LogP contribution < -0.4 is 4.90 Å². The SMILES string of the molecule is CCN(CCC#N)c1cc(SC)ncn1. The standard InChI is InChI=1S/C10H14N4S/c1-3-14(6-4-5-11)9-7-10(15-2)13-8-12-9/h7-8H,3-4,6H2,1-2H3. The summed E-state index contributed by atoms with van der Waals surface area (Å²) in [7, 11) is 0. The third kappa shape index (κ3) is 3.40. The van der Waals surface area contributed by atoms with Gasteiger partial charge in [0.2, 0.25) is 0 Å². The lowest BCUT2D eigenvalue weighted by atomic mass is 10.4. The number of hydrogen-bond donors (Lipinski definition) is 0. The van der Waals surface area contributed by atoms with Crippen LogP contribution in [0, 0.1) is 11.3 Å². The molecule has 80 valence electrons. The van der Waals surface area contributed by atoms with Crippen LogP contribution in [-0.4, -0.2) is 29.3 Å². The van der Waals surface area contributed by atoms with Gasteiger partial charge >= 0.3 is 0 Å². The van der Waals surface area contributed by atoms with E-state index in [1.807, 2.05) is 12.3 Å². The van der Waals surface area contributed by atoms with E-state index in [0.717, 1.165) is 23.9 Å². The zero-order valence-corrected chi connectivity index (χ0v) is 9.79. The van der Waals surface area contributed by atoms with E-state index in [0.29, 0.717) is 6.42 Å². The maximum atomic E-state index is 8.54. The number of thioether (sulfide) groups is 1. The van der Waals surface area contributed by atoms with E-state index in [9.17, 15) is 0 Å². The van der Waals surface area contributed by atoms with Crippen molar-refractivity contribution in [1.82, 2.24) is 9.97 Å². The van der Waals surface area contributed by atoms with Gasteiger partial charge in [0, 0.05) is 19.2 Å². The first kappa shape index (κ1) is 11.8. The minimum absolute atomic E-state index is 0.520. The predicted molar refractivity (Wildman–Crippen MR) is 61.9 cm³/mol. The molecule has 0 unspecified atom stereocenters. The molecule has 0 fully saturated rings. The predicted octanol–water partition coefficient (Wildman–Crippen LogP) is 1.94. The van der Waals surface area contributed by atoms with Crippen molar-refractivity contribution in [1.29, 1.82) is 5.26 Å². The Balaban J connectivity index is 2.77. The molecule has 1 aromatic rings. The Hall–Kier alpha value is -1.28. The van der Waals surface area contributed by atoms with Crippen LogP contribution in [0.2, 0.25) is 0 Å². The average molecular weight is 222 g/mol. The molecule has 0 spiro atoms. The molecule has 0 radical (unpaired) electrons. The zero-order chi connectivity index (χ0) is 11.1. The summed E-state index contributed by atoms with van der Waals surface area (Å²) < 4.78 is 0. The van der Waals surface area contributed by atoms with Crippen LogP contribution in [0.25, 0.3) is 0 Å². The monoisotopic (exact) mass is 222 g/mol. The highest BCUT2D eigenvalue weighted by atomic mass is 32.2. The fraction of sp³-hybridized carbons (Fsp3) is 0.500. The van der Waals surface area contributed by atoms with Gasteiger partial charge in [-0.15, -0.1) is 11.8 Å².